The van der Waals surface area contributed by atoms with Crippen molar-refractivity contribution in [3.05, 3.63) is 84.2 Å². The molecule has 0 spiro atoms. The number of aromatic amines is 2. The van der Waals surface area contributed by atoms with Gasteiger partial charge in [0.1, 0.15) is 18.2 Å². The Hall–Kier alpha value is -5.39. The first kappa shape index (κ1) is 47.7. The fraction of sp³-hybridized carbons (Fsp3) is 0.589. The third-order valence-corrected chi connectivity index (χ3v) is 19.7. The zero-order valence-corrected chi connectivity index (χ0v) is 41.4. The normalized spacial score (nSPS) is 34.8. The van der Waals surface area contributed by atoms with Gasteiger partial charge in [0.15, 0.2) is 0 Å². The van der Waals surface area contributed by atoms with Crippen LogP contribution in [0.1, 0.15) is 117 Å². The van der Waals surface area contributed by atoms with Crippen LogP contribution in [-0.4, -0.2) is 72.1 Å². The molecule has 68 heavy (non-hydrogen) atoms. The van der Waals surface area contributed by atoms with Crippen molar-refractivity contribution in [2.45, 2.75) is 137 Å². The number of ether oxygens (including phenoxy) is 3. The third-order valence-electron chi connectivity index (χ3n) is 19.7. The van der Waals surface area contributed by atoms with Crippen LogP contribution >= 0.6 is 0 Å². The van der Waals surface area contributed by atoms with Crippen molar-refractivity contribution in [3.8, 4) is 0 Å². The molecule has 5 fully saturated rings. The minimum atomic E-state index is -1.14. The summed E-state index contributed by atoms with van der Waals surface area (Å²) in [5.41, 5.74) is 2.51. The number of methoxy groups -OCH3 is 2. The second-order valence-corrected chi connectivity index (χ2v) is 22.5. The van der Waals surface area contributed by atoms with Gasteiger partial charge in [0.2, 0.25) is 11.8 Å². The maximum atomic E-state index is 15.3. The molecule has 0 radical (unpaired) electrons. The van der Waals surface area contributed by atoms with Gasteiger partial charge in [-0.3, -0.25) is 14.4 Å². The van der Waals surface area contributed by atoms with Gasteiger partial charge in [0, 0.05) is 54.0 Å². The predicted molar refractivity (Wildman–Crippen MR) is 261 cm³/mol. The Bertz CT molecular complexity index is 2650. The van der Waals surface area contributed by atoms with E-state index in [9.17, 15) is 14.4 Å². The van der Waals surface area contributed by atoms with Crippen molar-refractivity contribution in [2.75, 3.05) is 14.2 Å². The molecule has 13 atom stereocenters. The summed E-state index contributed by atoms with van der Waals surface area (Å²) in [6, 6.07) is 14.1. The van der Waals surface area contributed by atoms with Gasteiger partial charge < -0.3 is 34.8 Å². The van der Waals surface area contributed by atoms with E-state index in [-0.39, 0.29) is 64.1 Å². The number of allylic oxidation sites excluding steroid dienone is 1. The summed E-state index contributed by atoms with van der Waals surface area (Å²) in [4.78, 5) is 77.0. The highest BCUT2D eigenvalue weighted by atomic mass is 16.5. The second kappa shape index (κ2) is 17.5. The number of rotatable bonds is 12. The second-order valence-electron chi connectivity index (χ2n) is 22.5. The Morgan fingerprint density at radius 2 is 1.25 bits per heavy atom. The average Bonchev–Trinajstić information content (AvgIpc) is 4.05. The topological polar surface area (TPSA) is 169 Å². The highest BCUT2D eigenvalue weighted by molar-refractivity contribution is 5.91. The molecule has 0 saturated heterocycles. The summed E-state index contributed by atoms with van der Waals surface area (Å²) >= 11 is 0. The molecule has 5 aliphatic carbocycles. The lowest BCUT2D eigenvalue weighted by Gasteiger charge is -2.72. The molecule has 9 rings (SSSR count). The first-order valence-corrected chi connectivity index (χ1v) is 25.1. The first-order valence-electron chi connectivity index (χ1n) is 25.1. The molecule has 4 aromatic rings. The van der Waals surface area contributed by atoms with Crippen molar-refractivity contribution < 1.29 is 38.2 Å². The van der Waals surface area contributed by atoms with Gasteiger partial charge in [0.25, 0.3) is 0 Å². The number of benzene rings is 2. The molecule has 12 heteroatoms. The van der Waals surface area contributed by atoms with E-state index in [1.807, 2.05) is 67.8 Å². The standard InChI is InChI=1S/C56H72N4O8/c1-32(2)36-20-25-56(51(65)60-43(49(63)67-9)29-35-31-58-41-17-13-11-15-38(35)41)27-26-53(5)39(47(36)56)18-19-44-52(4)23-22-46(68-33(3)61)55(7,45(52)21-24-54(44,53)6)50(64)59-42(48(62)66-8)28-34-30-57-40-16-12-10-14-37(34)40/h10-17,30-31,36,39,42-47,57-58H,1,18-29H2,2-9H3,(H,59,64)(H,60,65)/t36-,39+,42-,43-,44+,45+,46+,47+,52+,53+,54+,55-,56-/m0/s1. The van der Waals surface area contributed by atoms with E-state index in [1.54, 1.807) is 0 Å². The van der Waals surface area contributed by atoms with Gasteiger partial charge in [-0.15, -0.1) is 0 Å². The molecule has 12 nitrogen and oxygen atoms in total. The molecule has 5 saturated carbocycles. The van der Waals surface area contributed by atoms with Crippen LogP contribution in [0.15, 0.2) is 73.1 Å². The van der Waals surface area contributed by atoms with E-state index >= 15 is 9.59 Å². The van der Waals surface area contributed by atoms with Crippen LogP contribution in [-0.2, 0) is 51.0 Å². The molecule has 2 aromatic carbocycles. The first-order chi connectivity index (χ1) is 32.4. The van der Waals surface area contributed by atoms with E-state index in [0.717, 1.165) is 89.9 Å². The van der Waals surface area contributed by atoms with E-state index in [1.165, 1.54) is 21.1 Å². The molecule has 0 unspecified atom stereocenters. The smallest absolute Gasteiger partial charge is 0.328 e. The summed E-state index contributed by atoms with van der Waals surface area (Å²) in [7, 11) is 2.72. The molecule has 364 valence electrons. The average molecular weight is 929 g/mol. The maximum Gasteiger partial charge on any atom is 0.328 e. The molecule has 2 heterocycles. The lowest BCUT2D eigenvalue weighted by atomic mass is 9.32. The van der Waals surface area contributed by atoms with E-state index in [4.69, 9.17) is 14.2 Å². The molecule has 2 aromatic heterocycles. The van der Waals surface area contributed by atoms with E-state index < -0.39 is 46.9 Å². The molecule has 2 amide bonds. The zero-order valence-electron chi connectivity index (χ0n) is 41.4. The lowest BCUT2D eigenvalue weighted by Crippen LogP contribution is -2.69. The fourth-order valence-electron chi connectivity index (χ4n) is 16.2. The maximum absolute atomic E-state index is 15.3. The molecular weight excluding hydrogens is 857 g/mol. The molecule has 0 aliphatic heterocycles. The predicted octanol–water partition coefficient (Wildman–Crippen LogP) is 9.32. The number of esters is 3. The van der Waals surface area contributed by atoms with Crippen molar-refractivity contribution in [1.29, 1.82) is 0 Å². The minimum absolute atomic E-state index is 0.0491. The number of aromatic nitrogens is 2. The highest BCUT2D eigenvalue weighted by Gasteiger charge is 2.73. The van der Waals surface area contributed by atoms with Gasteiger partial charge in [-0.25, -0.2) is 9.59 Å². The summed E-state index contributed by atoms with van der Waals surface area (Å²) in [5, 5.41) is 8.46. The van der Waals surface area contributed by atoms with Crippen LogP contribution in [0.3, 0.4) is 0 Å². The minimum Gasteiger partial charge on any atom is -0.467 e. The molecular formula is C56H72N4O8. The van der Waals surface area contributed by atoms with Crippen LogP contribution in [0, 0.1) is 56.7 Å². The Balaban J connectivity index is 1.01. The lowest BCUT2D eigenvalue weighted by molar-refractivity contribution is -0.249. The SMILES string of the molecule is C=C(C)[C@@H]1CC[C@]2(C(=O)N[C@@H](Cc3c[nH]c4ccccc34)C(=O)OC)CC[C@]3(C)[C@H](CC[C@@H]4[C@@]5(C)CC[C@@H](OC(C)=O)[C@@](C)(C(=O)N[C@@H](Cc6c[nH]c7ccccc67)C(=O)OC)[C@@H]5CC[C@]43C)[C@@H]12. The van der Waals surface area contributed by atoms with Crippen LogP contribution < -0.4 is 10.6 Å². The monoisotopic (exact) mass is 929 g/mol. The Kier molecular flexibility index (Phi) is 12.3. The number of H-pyrrole nitrogens is 2. The van der Waals surface area contributed by atoms with E-state index in [2.05, 4.69) is 54.9 Å². The number of hydrogen-bond acceptors (Lipinski definition) is 8. The fourth-order valence-corrected chi connectivity index (χ4v) is 16.2. The number of hydrogen-bond donors (Lipinski definition) is 4. The van der Waals surface area contributed by atoms with Crippen LogP contribution in [0.2, 0.25) is 0 Å². The van der Waals surface area contributed by atoms with Gasteiger partial charge >= 0.3 is 17.9 Å². The number of amides is 2. The number of carbonyl (C=O) groups is 5. The number of carbonyl (C=O) groups excluding carboxylic acids is 5. The summed E-state index contributed by atoms with van der Waals surface area (Å²) in [6.07, 6.45) is 11.7. The van der Waals surface area contributed by atoms with Crippen LogP contribution in [0.25, 0.3) is 21.8 Å². The molecule has 4 N–H and O–H groups in total. The van der Waals surface area contributed by atoms with E-state index in [0.29, 0.717) is 19.3 Å². The third kappa shape index (κ3) is 7.31. The quantitative estimate of drug-likeness (QED) is 0.0619. The number of nitrogens with one attached hydrogen (secondary N) is 4. The van der Waals surface area contributed by atoms with Gasteiger partial charge in [-0.1, -0.05) is 69.3 Å². The van der Waals surface area contributed by atoms with Gasteiger partial charge in [0.05, 0.1) is 25.0 Å². The van der Waals surface area contributed by atoms with Gasteiger partial charge in [-0.05, 0) is 147 Å². The van der Waals surface area contributed by atoms with Crippen molar-refractivity contribution >= 4 is 51.5 Å². The van der Waals surface area contributed by atoms with Crippen molar-refractivity contribution in [2.24, 2.45) is 56.7 Å². The van der Waals surface area contributed by atoms with Crippen LogP contribution in [0.5, 0.6) is 0 Å². The largest absolute Gasteiger partial charge is 0.467 e. The number of para-hydroxylation sites is 2. The Labute approximate surface area is 400 Å². The number of fused-ring (bicyclic) bond motifs is 9. The van der Waals surface area contributed by atoms with Crippen LogP contribution in [0.4, 0.5) is 0 Å². The molecule has 0 bridgehead atoms. The highest BCUT2D eigenvalue weighted by Crippen LogP contribution is 2.77. The molecule has 5 aliphatic rings. The summed E-state index contributed by atoms with van der Waals surface area (Å²) < 4.78 is 16.8. The Morgan fingerprint density at radius 3 is 1.81 bits per heavy atom. The van der Waals surface area contributed by atoms with Crippen molar-refractivity contribution in [1.82, 2.24) is 20.6 Å². The summed E-state index contributed by atoms with van der Waals surface area (Å²) in [5.74, 6) is -1.21. The zero-order chi connectivity index (χ0) is 48.6. The Morgan fingerprint density at radius 1 is 0.676 bits per heavy atom. The van der Waals surface area contributed by atoms with Gasteiger partial charge in [-0.2, -0.15) is 0 Å². The summed E-state index contributed by atoms with van der Waals surface area (Å²) in [6.45, 7) is 17.4. The van der Waals surface area contributed by atoms with Crippen molar-refractivity contribution in [3.63, 3.8) is 0 Å².